The Balaban J connectivity index is 1.64. The van der Waals surface area contributed by atoms with Gasteiger partial charge in [-0.05, 0) is 37.1 Å². The van der Waals surface area contributed by atoms with Crippen molar-refractivity contribution < 1.29 is 9.18 Å². The van der Waals surface area contributed by atoms with Crippen LogP contribution in [0.25, 0.3) is 0 Å². The van der Waals surface area contributed by atoms with Crippen LogP contribution in [0.5, 0.6) is 0 Å². The molecule has 3 rings (SSSR count). The van der Waals surface area contributed by atoms with Crippen LogP contribution in [0.3, 0.4) is 0 Å². The third-order valence-corrected chi connectivity index (χ3v) is 4.33. The number of hydrogen-bond acceptors (Lipinski definition) is 4. The van der Waals surface area contributed by atoms with E-state index in [-0.39, 0.29) is 17.8 Å². The van der Waals surface area contributed by atoms with E-state index in [0.717, 1.165) is 24.9 Å². The van der Waals surface area contributed by atoms with Gasteiger partial charge in [0.05, 0.1) is 6.54 Å². The maximum absolute atomic E-state index is 13.0. The van der Waals surface area contributed by atoms with Crippen LogP contribution < -0.4 is 5.32 Å². The molecule has 1 aromatic heterocycles. The maximum Gasteiger partial charge on any atom is 0.240 e. The van der Waals surface area contributed by atoms with Gasteiger partial charge in [-0.3, -0.25) is 9.69 Å². The molecule has 1 aromatic carbocycles. The first-order chi connectivity index (χ1) is 10.2. The first-order valence-electron chi connectivity index (χ1n) is 6.91. The third kappa shape index (κ3) is 3.46. The summed E-state index contributed by atoms with van der Waals surface area (Å²) in [5, 5.41) is 5.25. The van der Waals surface area contributed by atoms with Crippen molar-refractivity contribution in [2.45, 2.75) is 18.9 Å². The monoisotopic (exact) mass is 305 g/mol. The van der Waals surface area contributed by atoms with Gasteiger partial charge >= 0.3 is 0 Å². The predicted molar refractivity (Wildman–Crippen MR) is 80.7 cm³/mol. The van der Waals surface area contributed by atoms with Gasteiger partial charge in [-0.25, -0.2) is 9.37 Å². The van der Waals surface area contributed by atoms with Crippen molar-refractivity contribution in [2.24, 2.45) is 0 Å². The number of aromatic nitrogens is 1. The van der Waals surface area contributed by atoms with Crippen molar-refractivity contribution in [3.05, 3.63) is 47.2 Å². The lowest BCUT2D eigenvalue weighted by Gasteiger charge is -2.24. The van der Waals surface area contributed by atoms with E-state index in [1.807, 2.05) is 5.38 Å². The lowest BCUT2D eigenvalue weighted by atomic mass is 10.0. The molecule has 110 valence electrons. The predicted octanol–water partition coefficient (Wildman–Crippen LogP) is 3.06. The Morgan fingerprint density at radius 2 is 2.24 bits per heavy atom. The highest BCUT2D eigenvalue weighted by atomic mass is 32.1. The average Bonchev–Trinajstić information content (AvgIpc) is 3.11. The first kappa shape index (κ1) is 14.2. The average molecular weight is 305 g/mol. The fraction of sp³-hybridized carbons (Fsp3) is 0.333. The van der Waals surface area contributed by atoms with E-state index in [0.29, 0.717) is 11.7 Å². The fourth-order valence-corrected chi connectivity index (χ4v) is 3.25. The Kier molecular flexibility index (Phi) is 4.26. The van der Waals surface area contributed by atoms with E-state index < -0.39 is 0 Å². The molecule has 0 aliphatic carbocycles. The molecule has 0 bridgehead atoms. The topological polar surface area (TPSA) is 45.2 Å². The second-order valence-electron chi connectivity index (χ2n) is 5.07. The molecule has 2 aromatic rings. The van der Waals surface area contributed by atoms with E-state index in [4.69, 9.17) is 0 Å². The van der Waals surface area contributed by atoms with E-state index in [1.54, 1.807) is 18.3 Å². The molecule has 21 heavy (non-hydrogen) atoms. The van der Waals surface area contributed by atoms with Crippen LogP contribution >= 0.6 is 11.3 Å². The highest BCUT2D eigenvalue weighted by Gasteiger charge is 2.27. The van der Waals surface area contributed by atoms with Gasteiger partial charge in [0.25, 0.3) is 0 Å². The molecule has 1 N–H and O–H groups in total. The molecule has 1 atom stereocenters. The first-order valence-corrected chi connectivity index (χ1v) is 7.79. The van der Waals surface area contributed by atoms with Crippen molar-refractivity contribution in [3.63, 3.8) is 0 Å². The molecule has 1 fully saturated rings. The van der Waals surface area contributed by atoms with Gasteiger partial charge in [-0.2, -0.15) is 0 Å². The number of likely N-dealkylation sites (tertiary alicyclic amines) is 1. The SMILES string of the molecule is O=C(CN1CCC[C@H]1c1ccc(F)cc1)Nc1nccs1. The number of nitrogens with zero attached hydrogens (tertiary/aromatic N) is 2. The van der Waals surface area contributed by atoms with Crippen molar-refractivity contribution >= 4 is 22.4 Å². The summed E-state index contributed by atoms with van der Waals surface area (Å²) in [6.45, 7) is 1.22. The molecule has 1 aliphatic rings. The summed E-state index contributed by atoms with van der Waals surface area (Å²) in [5.41, 5.74) is 1.07. The Labute approximate surface area is 126 Å². The molecule has 1 saturated heterocycles. The number of thiazole rings is 1. The molecule has 6 heteroatoms. The summed E-state index contributed by atoms with van der Waals surface area (Å²) in [6, 6.07) is 6.74. The number of hydrogen-bond donors (Lipinski definition) is 1. The Hall–Kier alpha value is -1.79. The number of nitrogens with one attached hydrogen (secondary N) is 1. The van der Waals surface area contributed by atoms with Gasteiger partial charge in [-0.1, -0.05) is 12.1 Å². The smallest absolute Gasteiger partial charge is 0.240 e. The van der Waals surface area contributed by atoms with Gasteiger partial charge in [-0.15, -0.1) is 11.3 Å². The second-order valence-corrected chi connectivity index (χ2v) is 5.96. The highest BCUT2D eigenvalue weighted by molar-refractivity contribution is 7.13. The molecular formula is C15H16FN3OS. The van der Waals surface area contributed by atoms with Gasteiger partial charge in [0.15, 0.2) is 5.13 Å². The third-order valence-electron chi connectivity index (χ3n) is 3.64. The van der Waals surface area contributed by atoms with E-state index in [1.165, 1.54) is 23.5 Å². The Morgan fingerprint density at radius 3 is 2.95 bits per heavy atom. The van der Waals surface area contributed by atoms with Crippen LogP contribution in [0.15, 0.2) is 35.8 Å². The molecule has 0 radical (unpaired) electrons. The van der Waals surface area contributed by atoms with E-state index in [2.05, 4.69) is 15.2 Å². The summed E-state index contributed by atoms with van der Waals surface area (Å²) < 4.78 is 13.0. The lowest BCUT2D eigenvalue weighted by Crippen LogP contribution is -2.32. The Morgan fingerprint density at radius 1 is 1.43 bits per heavy atom. The summed E-state index contributed by atoms with van der Waals surface area (Å²) >= 11 is 1.40. The fourth-order valence-electron chi connectivity index (χ4n) is 2.71. The summed E-state index contributed by atoms with van der Waals surface area (Å²) in [6.07, 6.45) is 3.71. The summed E-state index contributed by atoms with van der Waals surface area (Å²) in [4.78, 5) is 18.2. The lowest BCUT2D eigenvalue weighted by molar-refractivity contribution is -0.117. The number of rotatable bonds is 4. The number of amides is 1. The summed E-state index contributed by atoms with van der Waals surface area (Å²) in [7, 11) is 0. The minimum Gasteiger partial charge on any atom is -0.301 e. The van der Waals surface area contributed by atoms with Crippen molar-refractivity contribution in [1.82, 2.24) is 9.88 Å². The zero-order valence-corrected chi connectivity index (χ0v) is 12.3. The molecular weight excluding hydrogens is 289 g/mol. The highest BCUT2D eigenvalue weighted by Crippen LogP contribution is 2.31. The molecule has 1 aliphatic heterocycles. The normalized spacial score (nSPS) is 18.8. The number of carbonyl (C=O) groups excluding carboxylic acids is 1. The standard InChI is InChI=1S/C15H16FN3OS/c16-12-5-3-11(4-6-12)13-2-1-8-19(13)10-14(20)18-15-17-7-9-21-15/h3-7,9,13H,1-2,8,10H2,(H,17,18,20)/t13-/m0/s1. The molecule has 0 saturated carbocycles. The van der Waals surface area contributed by atoms with Crippen LogP contribution in [0, 0.1) is 5.82 Å². The quantitative estimate of drug-likeness (QED) is 0.944. The second kappa shape index (κ2) is 6.32. The minimum atomic E-state index is -0.232. The van der Waals surface area contributed by atoms with Crippen molar-refractivity contribution in [2.75, 3.05) is 18.4 Å². The molecule has 0 unspecified atom stereocenters. The Bertz CT molecular complexity index is 600. The largest absolute Gasteiger partial charge is 0.301 e. The van der Waals surface area contributed by atoms with Crippen LogP contribution in [-0.4, -0.2) is 28.9 Å². The van der Waals surface area contributed by atoms with Crippen LogP contribution in [0.4, 0.5) is 9.52 Å². The minimum absolute atomic E-state index is 0.0565. The van der Waals surface area contributed by atoms with Crippen molar-refractivity contribution in [1.29, 1.82) is 0 Å². The number of carbonyl (C=O) groups is 1. The van der Waals surface area contributed by atoms with Gasteiger partial charge < -0.3 is 5.32 Å². The van der Waals surface area contributed by atoms with Gasteiger partial charge in [0.1, 0.15) is 5.82 Å². The molecule has 0 spiro atoms. The number of anilines is 1. The zero-order chi connectivity index (χ0) is 14.7. The molecule has 1 amide bonds. The van der Waals surface area contributed by atoms with E-state index in [9.17, 15) is 9.18 Å². The van der Waals surface area contributed by atoms with E-state index >= 15 is 0 Å². The number of benzene rings is 1. The van der Waals surface area contributed by atoms with Gasteiger partial charge in [0.2, 0.25) is 5.91 Å². The molecule has 2 heterocycles. The number of halogens is 1. The summed E-state index contributed by atoms with van der Waals surface area (Å²) in [5.74, 6) is -0.288. The zero-order valence-electron chi connectivity index (χ0n) is 11.5. The molecule has 4 nitrogen and oxygen atoms in total. The van der Waals surface area contributed by atoms with Crippen LogP contribution in [-0.2, 0) is 4.79 Å². The van der Waals surface area contributed by atoms with Crippen molar-refractivity contribution in [3.8, 4) is 0 Å². The van der Waals surface area contributed by atoms with Gasteiger partial charge in [0, 0.05) is 17.6 Å². The van der Waals surface area contributed by atoms with Crippen LogP contribution in [0.1, 0.15) is 24.4 Å². The van der Waals surface area contributed by atoms with Crippen LogP contribution in [0.2, 0.25) is 0 Å². The maximum atomic E-state index is 13.0.